The van der Waals surface area contributed by atoms with Crippen molar-refractivity contribution in [1.82, 2.24) is 19.5 Å². The fourth-order valence-corrected chi connectivity index (χ4v) is 2.80. The molecule has 3 rings (SSSR count). The average Bonchev–Trinajstić information content (AvgIpc) is 2.88. The lowest BCUT2D eigenvalue weighted by Crippen LogP contribution is -2.08. The summed E-state index contributed by atoms with van der Waals surface area (Å²) in [7, 11) is 0. The molecule has 132 valence electrons. The molecule has 0 aliphatic rings. The van der Waals surface area contributed by atoms with E-state index < -0.39 is 11.6 Å². The normalized spacial score (nSPS) is 11.2. The van der Waals surface area contributed by atoms with Crippen molar-refractivity contribution in [3.8, 4) is 6.01 Å². The number of ether oxygens (including phenoxy) is 1. The van der Waals surface area contributed by atoms with Crippen molar-refractivity contribution in [1.29, 1.82) is 0 Å². The summed E-state index contributed by atoms with van der Waals surface area (Å²) in [4.78, 5) is 12.6. The summed E-state index contributed by atoms with van der Waals surface area (Å²) in [6, 6.07) is 3.83. The molecule has 0 atom stereocenters. The van der Waals surface area contributed by atoms with Crippen LogP contribution in [0.5, 0.6) is 6.01 Å². The van der Waals surface area contributed by atoms with Gasteiger partial charge in [-0.1, -0.05) is 19.4 Å². The van der Waals surface area contributed by atoms with Gasteiger partial charge < -0.3 is 10.5 Å². The first-order chi connectivity index (χ1) is 12.0. The number of aromatic nitrogens is 4. The lowest BCUT2D eigenvalue weighted by molar-refractivity contribution is 0.286. The molecule has 0 saturated carbocycles. The Hall–Kier alpha value is -2.29. The standard InChI is InChI=1S/C16H16BrF2N5O/c1-2-3-7-25-16-22-13(20)12-14(23-16)24(15(17)21-12)8-9-10(18)5-4-6-11(9)19/h4-6H,2-3,7-8H2,1H3,(H2,20,22,23). The van der Waals surface area contributed by atoms with Crippen LogP contribution in [0.25, 0.3) is 11.2 Å². The molecule has 2 aromatic heterocycles. The molecule has 0 radical (unpaired) electrons. The first-order valence-corrected chi connectivity index (χ1v) is 8.55. The summed E-state index contributed by atoms with van der Waals surface area (Å²) in [6.45, 7) is 2.40. The lowest BCUT2D eigenvalue weighted by atomic mass is 10.2. The van der Waals surface area contributed by atoms with Crippen LogP contribution in [-0.4, -0.2) is 26.1 Å². The van der Waals surface area contributed by atoms with E-state index in [1.807, 2.05) is 6.92 Å². The smallest absolute Gasteiger partial charge is 0.320 e. The van der Waals surface area contributed by atoms with E-state index in [1.165, 1.54) is 22.8 Å². The quantitative estimate of drug-likeness (QED) is 0.494. The molecule has 0 fully saturated rings. The third-order valence-electron chi connectivity index (χ3n) is 3.66. The lowest BCUT2D eigenvalue weighted by Gasteiger charge is -2.09. The number of nitrogen functional groups attached to an aromatic ring is 1. The van der Waals surface area contributed by atoms with Gasteiger partial charge in [-0.15, -0.1) is 0 Å². The summed E-state index contributed by atoms with van der Waals surface area (Å²) < 4.78 is 35.3. The molecule has 2 heterocycles. The van der Waals surface area contributed by atoms with Gasteiger partial charge in [-0.25, -0.2) is 13.8 Å². The average molecular weight is 412 g/mol. The Balaban J connectivity index is 2.04. The van der Waals surface area contributed by atoms with E-state index in [0.29, 0.717) is 22.5 Å². The van der Waals surface area contributed by atoms with Gasteiger partial charge >= 0.3 is 6.01 Å². The zero-order valence-corrected chi connectivity index (χ0v) is 15.1. The highest BCUT2D eigenvalue weighted by molar-refractivity contribution is 9.10. The van der Waals surface area contributed by atoms with Crippen LogP contribution in [0.15, 0.2) is 22.9 Å². The number of unbranched alkanes of at least 4 members (excludes halogenated alkanes) is 1. The summed E-state index contributed by atoms with van der Waals surface area (Å²) >= 11 is 3.28. The van der Waals surface area contributed by atoms with Crippen molar-refractivity contribution in [2.24, 2.45) is 0 Å². The van der Waals surface area contributed by atoms with E-state index in [2.05, 4.69) is 30.9 Å². The SMILES string of the molecule is CCCCOc1nc(N)c2nc(Br)n(Cc3c(F)cccc3F)c2n1. The monoisotopic (exact) mass is 411 g/mol. The van der Waals surface area contributed by atoms with Crippen molar-refractivity contribution < 1.29 is 13.5 Å². The van der Waals surface area contributed by atoms with Crippen LogP contribution < -0.4 is 10.5 Å². The number of fused-ring (bicyclic) bond motifs is 1. The summed E-state index contributed by atoms with van der Waals surface area (Å²) in [5.41, 5.74) is 6.51. The van der Waals surface area contributed by atoms with Gasteiger partial charge in [0.15, 0.2) is 21.7 Å². The molecule has 0 unspecified atom stereocenters. The number of rotatable bonds is 6. The Labute approximate surface area is 151 Å². The fourth-order valence-electron chi connectivity index (χ4n) is 2.33. The van der Waals surface area contributed by atoms with Crippen LogP contribution >= 0.6 is 15.9 Å². The van der Waals surface area contributed by atoms with Gasteiger partial charge in [-0.2, -0.15) is 9.97 Å². The Morgan fingerprint density at radius 2 is 1.92 bits per heavy atom. The Bertz CT molecular complexity index is 895. The number of nitrogens with two attached hydrogens (primary N) is 1. The maximum absolute atomic E-state index is 14.0. The Morgan fingerprint density at radius 3 is 2.60 bits per heavy atom. The molecule has 0 aliphatic carbocycles. The largest absolute Gasteiger partial charge is 0.463 e. The Morgan fingerprint density at radius 1 is 1.20 bits per heavy atom. The molecule has 6 nitrogen and oxygen atoms in total. The maximum Gasteiger partial charge on any atom is 0.320 e. The van der Waals surface area contributed by atoms with Crippen LogP contribution in [0.1, 0.15) is 25.3 Å². The summed E-state index contributed by atoms with van der Waals surface area (Å²) in [5.74, 6) is -1.14. The molecule has 0 saturated heterocycles. The zero-order chi connectivity index (χ0) is 18.0. The minimum atomic E-state index is -0.643. The highest BCUT2D eigenvalue weighted by atomic mass is 79.9. The number of nitrogens with zero attached hydrogens (tertiary/aromatic N) is 4. The zero-order valence-electron chi connectivity index (χ0n) is 13.5. The first kappa shape index (κ1) is 17.5. The molecule has 2 N–H and O–H groups in total. The van der Waals surface area contributed by atoms with Crippen molar-refractivity contribution in [3.63, 3.8) is 0 Å². The second-order valence-corrected chi connectivity index (χ2v) is 6.14. The fraction of sp³-hybridized carbons (Fsp3) is 0.312. The second kappa shape index (κ2) is 7.30. The van der Waals surface area contributed by atoms with Crippen molar-refractivity contribution in [2.45, 2.75) is 26.3 Å². The van der Waals surface area contributed by atoms with Crippen LogP contribution in [0.3, 0.4) is 0 Å². The number of imidazole rings is 1. The van der Waals surface area contributed by atoms with E-state index in [0.717, 1.165) is 12.8 Å². The van der Waals surface area contributed by atoms with Crippen molar-refractivity contribution in [2.75, 3.05) is 12.3 Å². The minimum absolute atomic E-state index is 0.0897. The Kier molecular flexibility index (Phi) is 5.12. The molecule has 0 bridgehead atoms. The maximum atomic E-state index is 14.0. The number of hydrogen-bond donors (Lipinski definition) is 1. The highest BCUT2D eigenvalue weighted by Crippen LogP contribution is 2.26. The topological polar surface area (TPSA) is 78.9 Å². The third-order valence-corrected chi connectivity index (χ3v) is 4.27. The molecule has 9 heteroatoms. The van der Waals surface area contributed by atoms with Gasteiger partial charge in [0.25, 0.3) is 0 Å². The van der Waals surface area contributed by atoms with E-state index in [4.69, 9.17) is 10.5 Å². The molecule has 0 amide bonds. The minimum Gasteiger partial charge on any atom is -0.463 e. The van der Waals surface area contributed by atoms with Crippen molar-refractivity contribution in [3.05, 3.63) is 40.1 Å². The second-order valence-electron chi connectivity index (χ2n) is 5.43. The van der Waals surface area contributed by atoms with E-state index >= 15 is 0 Å². The van der Waals surface area contributed by atoms with E-state index in [-0.39, 0.29) is 23.9 Å². The molecule has 3 aromatic rings. The summed E-state index contributed by atoms with van der Waals surface area (Å²) in [6.07, 6.45) is 1.82. The number of hydrogen-bond acceptors (Lipinski definition) is 5. The van der Waals surface area contributed by atoms with E-state index in [1.54, 1.807) is 0 Å². The predicted octanol–water partition coefficient (Wildman–Crippen LogP) is 3.68. The van der Waals surface area contributed by atoms with Gasteiger partial charge in [-0.05, 0) is 34.5 Å². The highest BCUT2D eigenvalue weighted by Gasteiger charge is 2.18. The number of halogens is 3. The molecular formula is C16H16BrF2N5O. The van der Waals surface area contributed by atoms with Gasteiger partial charge in [0.2, 0.25) is 0 Å². The van der Waals surface area contributed by atoms with Gasteiger partial charge in [0, 0.05) is 5.56 Å². The summed E-state index contributed by atoms with van der Waals surface area (Å²) in [5, 5.41) is 0. The molecule has 0 spiro atoms. The van der Waals surface area contributed by atoms with Crippen molar-refractivity contribution >= 4 is 32.9 Å². The number of anilines is 1. The van der Waals surface area contributed by atoms with Gasteiger partial charge in [0.1, 0.15) is 11.6 Å². The van der Waals surface area contributed by atoms with E-state index in [9.17, 15) is 8.78 Å². The van der Waals surface area contributed by atoms with Gasteiger partial charge in [0.05, 0.1) is 13.2 Å². The molecule has 1 aromatic carbocycles. The third kappa shape index (κ3) is 3.55. The van der Waals surface area contributed by atoms with Crippen LogP contribution in [-0.2, 0) is 6.54 Å². The molecular weight excluding hydrogens is 396 g/mol. The first-order valence-electron chi connectivity index (χ1n) is 7.76. The molecule has 0 aliphatic heterocycles. The predicted molar refractivity (Wildman–Crippen MR) is 93.3 cm³/mol. The number of benzene rings is 1. The van der Waals surface area contributed by atoms with Crippen LogP contribution in [0.4, 0.5) is 14.6 Å². The van der Waals surface area contributed by atoms with Crippen LogP contribution in [0, 0.1) is 11.6 Å². The van der Waals surface area contributed by atoms with Crippen LogP contribution in [0.2, 0.25) is 0 Å². The molecule has 25 heavy (non-hydrogen) atoms. The van der Waals surface area contributed by atoms with Gasteiger partial charge in [-0.3, -0.25) is 4.57 Å².